The zero-order valence-electron chi connectivity index (χ0n) is 9.57. The first-order chi connectivity index (χ1) is 7.91. The molecule has 2 rings (SSSR count). The quantitative estimate of drug-likeness (QED) is 0.611. The summed E-state index contributed by atoms with van der Waals surface area (Å²) in [4.78, 5) is 4.21. The van der Waals surface area contributed by atoms with Gasteiger partial charge in [-0.1, -0.05) is 0 Å². The SMILES string of the molecule is [CH3][Sn]([CH3])[c]1cccc2c(S(=O)(=O)F)cccc12. The zero-order chi connectivity index (χ0) is 12.6. The molecule has 0 heterocycles. The number of hydrogen-bond acceptors (Lipinski definition) is 2. The van der Waals surface area contributed by atoms with Crippen LogP contribution in [0.4, 0.5) is 3.89 Å². The molecular formula is C12H12FO2SSn. The third-order valence-electron chi connectivity index (χ3n) is 2.68. The van der Waals surface area contributed by atoms with Crippen molar-refractivity contribution in [1.29, 1.82) is 0 Å². The van der Waals surface area contributed by atoms with E-state index >= 15 is 0 Å². The Morgan fingerprint density at radius 3 is 2.18 bits per heavy atom. The Hall–Kier alpha value is -0.621. The van der Waals surface area contributed by atoms with Crippen molar-refractivity contribution >= 4 is 44.3 Å². The zero-order valence-corrected chi connectivity index (χ0v) is 13.2. The van der Waals surface area contributed by atoms with Crippen molar-refractivity contribution in [2.75, 3.05) is 0 Å². The molecule has 0 bridgehead atoms. The van der Waals surface area contributed by atoms with Crippen LogP contribution in [0, 0.1) is 0 Å². The van der Waals surface area contributed by atoms with Gasteiger partial charge >= 0.3 is 108 Å². The monoisotopic (exact) mass is 359 g/mol. The molecule has 0 saturated carbocycles. The molecule has 0 N–H and O–H groups in total. The third kappa shape index (κ3) is 2.47. The Kier molecular flexibility index (Phi) is 3.45. The molecule has 0 aliphatic heterocycles. The fourth-order valence-corrected chi connectivity index (χ4v) is 6.00. The van der Waals surface area contributed by atoms with Crippen LogP contribution in [0.15, 0.2) is 41.3 Å². The van der Waals surface area contributed by atoms with Gasteiger partial charge in [-0.15, -0.1) is 0 Å². The molecule has 2 aromatic rings. The fourth-order valence-electron chi connectivity index (χ4n) is 1.93. The summed E-state index contributed by atoms with van der Waals surface area (Å²) in [7, 11) is -4.65. The maximum atomic E-state index is 13.2. The van der Waals surface area contributed by atoms with Gasteiger partial charge in [0, 0.05) is 0 Å². The Bertz CT molecular complexity index is 665. The Balaban J connectivity index is 2.89. The summed E-state index contributed by atoms with van der Waals surface area (Å²) >= 11 is -1.62. The molecule has 0 atom stereocenters. The van der Waals surface area contributed by atoms with Crippen molar-refractivity contribution in [2.24, 2.45) is 0 Å². The van der Waals surface area contributed by atoms with Crippen molar-refractivity contribution in [3.63, 3.8) is 0 Å². The molecule has 89 valence electrons. The average molecular weight is 358 g/mol. The van der Waals surface area contributed by atoms with Crippen LogP contribution in [0.5, 0.6) is 0 Å². The number of fused-ring (bicyclic) bond motifs is 1. The van der Waals surface area contributed by atoms with Crippen LogP contribution < -0.4 is 3.58 Å². The van der Waals surface area contributed by atoms with Crippen molar-refractivity contribution in [3.8, 4) is 0 Å². The number of benzene rings is 2. The van der Waals surface area contributed by atoms with Gasteiger partial charge in [0.2, 0.25) is 0 Å². The molecule has 1 radical (unpaired) electrons. The van der Waals surface area contributed by atoms with Gasteiger partial charge < -0.3 is 0 Å². The molecule has 0 amide bonds. The standard InChI is InChI=1S/C10H6FO2S.2CH3.Sn/c11-14(12,13)10-7-3-5-8-4-1-2-6-9(8)10;;;/h1-3,5-7H;2*1H3;. The van der Waals surface area contributed by atoms with E-state index < -0.39 is 30.0 Å². The molecule has 17 heavy (non-hydrogen) atoms. The summed E-state index contributed by atoms with van der Waals surface area (Å²) in [5.41, 5.74) is 0. The molecular weight excluding hydrogens is 346 g/mol. The minimum atomic E-state index is -4.65. The first kappa shape index (κ1) is 12.8. The Labute approximate surface area is 107 Å². The fraction of sp³-hybridized carbons (Fsp3) is 0.167. The van der Waals surface area contributed by atoms with Gasteiger partial charge in [0.05, 0.1) is 0 Å². The molecule has 0 unspecified atom stereocenters. The summed E-state index contributed by atoms with van der Waals surface area (Å²) in [6, 6.07) is 10.3. The van der Waals surface area contributed by atoms with E-state index in [1.165, 1.54) is 9.65 Å². The van der Waals surface area contributed by atoms with Gasteiger partial charge in [-0.25, -0.2) is 0 Å². The van der Waals surface area contributed by atoms with E-state index in [-0.39, 0.29) is 4.90 Å². The van der Waals surface area contributed by atoms with Gasteiger partial charge in [0.25, 0.3) is 0 Å². The Morgan fingerprint density at radius 2 is 1.59 bits per heavy atom. The average Bonchev–Trinajstić information content (AvgIpc) is 2.26. The van der Waals surface area contributed by atoms with E-state index in [1.807, 2.05) is 12.1 Å². The number of rotatable bonds is 2. The molecule has 0 aliphatic carbocycles. The van der Waals surface area contributed by atoms with Crippen molar-refractivity contribution in [2.45, 2.75) is 14.8 Å². The van der Waals surface area contributed by atoms with E-state index in [4.69, 9.17) is 0 Å². The predicted molar refractivity (Wildman–Crippen MR) is 69.4 cm³/mol. The third-order valence-corrected chi connectivity index (χ3v) is 7.88. The summed E-state index contributed by atoms with van der Waals surface area (Å²) in [6.07, 6.45) is 0. The van der Waals surface area contributed by atoms with Gasteiger partial charge in [-0.2, -0.15) is 0 Å². The second-order valence-corrected chi connectivity index (χ2v) is 12.7. The molecule has 0 aliphatic rings. The molecule has 2 nitrogen and oxygen atoms in total. The minimum absolute atomic E-state index is 0.221. The van der Waals surface area contributed by atoms with Gasteiger partial charge in [-0.05, 0) is 0 Å². The van der Waals surface area contributed by atoms with E-state index in [0.717, 1.165) is 5.39 Å². The van der Waals surface area contributed by atoms with Gasteiger partial charge in [0.15, 0.2) is 0 Å². The first-order valence-corrected chi connectivity index (χ1v) is 13.7. The van der Waals surface area contributed by atoms with Crippen LogP contribution in [-0.2, 0) is 10.2 Å². The summed E-state index contributed by atoms with van der Waals surface area (Å²) in [5, 5.41) is 1.37. The molecule has 2 aromatic carbocycles. The Morgan fingerprint density at radius 1 is 1.00 bits per heavy atom. The second-order valence-electron chi connectivity index (χ2n) is 4.09. The van der Waals surface area contributed by atoms with Crippen molar-refractivity contribution < 1.29 is 12.3 Å². The number of halogens is 1. The molecule has 5 heteroatoms. The van der Waals surface area contributed by atoms with E-state index in [9.17, 15) is 12.3 Å². The molecule has 0 saturated heterocycles. The van der Waals surface area contributed by atoms with Gasteiger partial charge in [-0.3, -0.25) is 0 Å². The first-order valence-electron chi connectivity index (χ1n) is 5.18. The van der Waals surface area contributed by atoms with Crippen LogP contribution in [0.1, 0.15) is 0 Å². The van der Waals surface area contributed by atoms with E-state index in [0.29, 0.717) is 5.39 Å². The van der Waals surface area contributed by atoms with Crippen LogP contribution in [0.3, 0.4) is 0 Å². The summed E-state index contributed by atoms with van der Waals surface area (Å²) < 4.78 is 36.5. The molecule has 0 spiro atoms. The van der Waals surface area contributed by atoms with Crippen molar-refractivity contribution in [1.82, 2.24) is 0 Å². The topological polar surface area (TPSA) is 34.1 Å². The van der Waals surface area contributed by atoms with Crippen LogP contribution in [0.25, 0.3) is 10.8 Å². The second kappa shape index (κ2) is 4.57. The van der Waals surface area contributed by atoms with Gasteiger partial charge in [0.1, 0.15) is 0 Å². The van der Waals surface area contributed by atoms with Crippen molar-refractivity contribution in [3.05, 3.63) is 36.4 Å². The van der Waals surface area contributed by atoms with E-state index in [1.54, 1.807) is 18.2 Å². The van der Waals surface area contributed by atoms with E-state index in [2.05, 4.69) is 9.88 Å². The van der Waals surface area contributed by atoms with Crippen LogP contribution in [-0.4, -0.2) is 28.2 Å². The summed E-state index contributed by atoms with van der Waals surface area (Å²) in [5.74, 6) is 0. The van der Waals surface area contributed by atoms with Crippen LogP contribution in [0.2, 0.25) is 9.88 Å². The maximum absolute atomic E-state index is 13.2. The molecule has 0 aromatic heterocycles. The number of hydrogen-bond donors (Lipinski definition) is 0. The molecule has 0 fully saturated rings. The van der Waals surface area contributed by atoms with Crippen LogP contribution >= 0.6 is 0 Å². The summed E-state index contributed by atoms with van der Waals surface area (Å²) in [6.45, 7) is 0. The normalized spacial score (nSPS) is 12.2. The predicted octanol–water partition coefficient (Wildman–Crippen LogP) is 2.46.